The van der Waals surface area contributed by atoms with Gasteiger partial charge in [0, 0.05) is 10.9 Å². The highest BCUT2D eigenvalue weighted by Gasteiger charge is 2.10. The standard InChI is InChI=1S/C19H14N2O2S/c1-23-18-10-13(7-8-17(18)22)9-15(11-20)19-21-16(12-24-19)14-5-3-2-4-6-14/h2-10,12,22H,1H3/b15-9+. The molecule has 1 N–H and O–H groups in total. The third-order valence-corrected chi connectivity index (χ3v) is 4.31. The summed E-state index contributed by atoms with van der Waals surface area (Å²) in [7, 11) is 1.49. The van der Waals surface area contributed by atoms with E-state index in [1.807, 2.05) is 35.7 Å². The van der Waals surface area contributed by atoms with E-state index in [-0.39, 0.29) is 5.75 Å². The van der Waals surface area contributed by atoms with Crippen LogP contribution in [0.3, 0.4) is 0 Å². The molecular formula is C19H14N2O2S. The molecule has 0 spiro atoms. The number of ether oxygens (including phenoxy) is 1. The third kappa shape index (κ3) is 3.29. The smallest absolute Gasteiger partial charge is 0.161 e. The Balaban J connectivity index is 1.95. The molecule has 0 unspecified atom stereocenters. The Hall–Kier alpha value is -3.10. The molecule has 0 fully saturated rings. The molecule has 1 aromatic heterocycles. The second-order valence-electron chi connectivity index (χ2n) is 5.01. The lowest BCUT2D eigenvalue weighted by atomic mass is 10.1. The lowest BCUT2D eigenvalue weighted by Gasteiger charge is -2.04. The quantitative estimate of drug-likeness (QED) is 0.709. The Morgan fingerprint density at radius 3 is 2.75 bits per heavy atom. The fraction of sp³-hybridized carbons (Fsp3) is 0.0526. The van der Waals surface area contributed by atoms with Crippen LogP contribution >= 0.6 is 11.3 Å². The van der Waals surface area contributed by atoms with Gasteiger partial charge in [-0.05, 0) is 23.8 Å². The maximum absolute atomic E-state index is 9.65. The van der Waals surface area contributed by atoms with Crippen LogP contribution < -0.4 is 4.74 Å². The second-order valence-corrected chi connectivity index (χ2v) is 5.86. The Kier molecular flexibility index (Phi) is 4.59. The van der Waals surface area contributed by atoms with Crippen molar-refractivity contribution in [3.8, 4) is 28.8 Å². The highest BCUT2D eigenvalue weighted by Crippen LogP contribution is 2.30. The van der Waals surface area contributed by atoms with Gasteiger partial charge in [0.1, 0.15) is 11.1 Å². The summed E-state index contributed by atoms with van der Waals surface area (Å²) in [6, 6.07) is 17.0. The maximum atomic E-state index is 9.65. The number of benzene rings is 2. The van der Waals surface area contributed by atoms with Gasteiger partial charge < -0.3 is 9.84 Å². The summed E-state index contributed by atoms with van der Waals surface area (Å²) in [5.41, 5.74) is 3.09. The number of hydrogen-bond acceptors (Lipinski definition) is 5. The number of nitriles is 1. The SMILES string of the molecule is COc1cc(/C=C(\C#N)c2nc(-c3ccccc3)cs2)ccc1O. The summed E-state index contributed by atoms with van der Waals surface area (Å²) in [4.78, 5) is 4.56. The normalized spacial score (nSPS) is 11.1. The molecule has 118 valence electrons. The zero-order valence-corrected chi connectivity index (χ0v) is 13.7. The minimum atomic E-state index is 0.0637. The molecule has 0 saturated carbocycles. The van der Waals surface area contributed by atoms with Crippen LogP contribution in [0.5, 0.6) is 11.5 Å². The summed E-state index contributed by atoms with van der Waals surface area (Å²) < 4.78 is 5.09. The number of aromatic hydroxyl groups is 1. The van der Waals surface area contributed by atoms with Crippen molar-refractivity contribution in [2.75, 3.05) is 7.11 Å². The predicted molar refractivity (Wildman–Crippen MR) is 95.7 cm³/mol. The van der Waals surface area contributed by atoms with Gasteiger partial charge in [0.2, 0.25) is 0 Å². The minimum Gasteiger partial charge on any atom is -0.504 e. The summed E-state index contributed by atoms with van der Waals surface area (Å²) in [5.74, 6) is 0.430. The fourth-order valence-electron chi connectivity index (χ4n) is 2.23. The molecule has 0 saturated heterocycles. The molecule has 4 nitrogen and oxygen atoms in total. The minimum absolute atomic E-state index is 0.0637. The Morgan fingerprint density at radius 1 is 1.25 bits per heavy atom. The summed E-state index contributed by atoms with van der Waals surface area (Å²) >= 11 is 1.43. The number of hydrogen-bond donors (Lipinski definition) is 1. The van der Waals surface area contributed by atoms with Crippen molar-refractivity contribution < 1.29 is 9.84 Å². The average Bonchev–Trinajstić information content (AvgIpc) is 3.11. The van der Waals surface area contributed by atoms with Crippen LogP contribution in [0, 0.1) is 11.3 Å². The molecule has 0 radical (unpaired) electrons. The second kappa shape index (κ2) is 6.99. The molecule has 0 aliphatic heterocycles. The Bertz CT molecular complexity index is 924. The third-order valence-electron chi connectivity index (χ3n) is 3.44. The van der Waals surface area contributed by atoms with E-state index < -0.39 is 0 Å². The first-order chi connectivity index (χ1) is 11.7. The number of methoxy groups -OCH3 is 1. The van der Waals surface area contributed by atoms with Crippen molar-refractivity contribution >= 4 is 23.0 Å². The van der Waals surface area contributed by atoms with Crippen LogP contribution in [-0.4, -0.2) is 17.2 Å². The molecule has 1 heterocycles. The number of aromatic nitrogens is 1. The van der Waals surface area contributed by atoms with Crippen molar-refractivity contribution in [3.05, 3.63) is 64.5 Å². The zero-order chi connectivity index (χ0) is 16.9. The number of phenols is 1. The Labute approximate surface area is 143 Å². The van der Waals surface area contributed by atoms with E-state index in [0.717, 1.165) is 16.8 Å². The topological polar surface area (TPSA) is 66.1 Å². The lowest BCUT2D eigenvalue weighted by Crippen LogP contribution is -1.86. The molecule has 5 heteroatoms. The van der Waals surface area contributed by atoms with Crippen molar-refractivity contribution in [2.24, 2.45) is 0 Å². The van der Waals surface area contributed by atoms with E-state index >= 15 is 0 Å². The number of rotatable bonds is 4. The monoisotopic (exact) mass is 334 g/mol. The highest BCUT2D eigenvalue weighted by atomic mass is 32.1. The van der Waals surface area contributed by atoms with E-state index in [4.69, 9.17) is 4.74 Å². The van der Waals surface area contributed by atoms with Crippen LogP contribution in [-0.2, 0) is 0 Å². The van der Waals surface area contributed by atoms with Crippen molar-refractivity contribution in [3.63, 3.8) is 0 Å². The summed E-state index contributed by atoms with van der Waals surface area (Å²) in [6.45, 7) is 0. The van der Waals surface area contributed by atoms with Crippen LogP contribution in [0.15, 0.2) is 53.9 Å². The number of phenolic OH excluding ortho intramolecular Hbond substituents is 1. The van der Waals surface area contributed by atoms with E-state index in [1.54, 1.807) is 18.2 Å². The van der Waals surface area contributed by atoms with Gasteiger partial charge in [-0.1, -0.05) is 36.4 Å². The molecule has 0 aliphatic carbocycles. The van der Waals surface area contributed by atoms with Crippen LogP contribution in [0.25, 0.3) is 22.9 Å². The van der Waals surface area contributed by atoms with E-state index in [1.165, 1.54) is 24.5 Å². The van der Waals surface area contributed by atoms with Crippen molar-refractivity contribution in [1.82, 2.24) is 4.98 Å². The van der Waals surface area contributed by atoms with Gasteiger partial charge in [-0.25, -0.2) is 4.98 Å². The van der Waals surface area contributed by atoms with Crippen LogP contribution in [0.4, 0.5) is 0 Å². The number of allylic oxidation sites excluding steroid dienone is 1. The van der Waals surface area contributed by atoms with Crippen LogP contribution in [0.2, 0.25) is 0 Å². The molecule has 0 atom stereocenters. The van der Waals surface area contributed by atoms with E-state index in [9.17, 15) is 10.4 Å². The molecule has 24 heavy (non-hydrogen) atoms. The maximum Gasteiger partial charge on any atom is 0.161 e. The van der Waals surface area contributed by atoms with Gasteiger partial charge in [0.05, 0.1) is 18.4 Å². The number of thiazole rings is 1. The predicted octanol–water partition coefficient (Wildman–Crippen LogP) is 4.59. The first-order valence-corrected chi connectivity index (χ1v) is 8.09. The van der Waals surface area contributed by atoms with E-state index in [0.29, 0.717) is 16.3 Å². The van der Waals surface area contributed by atoms with Crippen molar-refractivity contribution in [2.45, 2.75) is 0 Å². The van der Waals surface area contributed by atoms with Gasteiger partial charge >= 0.3 is 0 Å². The summed E-state index contributed by atoms with van der Waals surface area (Å²) in [5, 5.41) is 21.7. The summed E-state index contributed by atoms with van der Waals surface area (Å²) in [6.07, 6.45) is 1.73. The molecular weight excluding hydrogens is 320 g/mol. The first kappa shape index (κ1) is 15.8. The zero-order valence-electron chi connectivity index (χ0n) is 12.9. The molecule has 3 rings (SSSR count). The molecule has 0 aliphatic rings. The van der Waals surface area contributed by atoms with Gasteiger partial charge in [0.25, 0.3) is 0 Å². The van der Waals surface area contributed by atoms with Crippen molar-refractivity contribution in [1.29, 1.82) is 5.26 Å². The van der Waals surface area contributed by atoms with Gasteiger partial charge in [-0.3, -0.25) is 0 Å². The van der Waals surface area contributed by atoms with Crippen LogP contribution in [0.1, 0.15) is 10.6 Å². The van der Waals surface area contributed by atoms with Gasteiger partial charge in [-0.2, -0.15) is 5.26 Å². The molecule has 3 aromatic rings. The largest absolute Gasteiger partial charge is 0.504 e. The molecule has 0 amide bonds. The average molecular weight is 334 g/mol. The number of nitrogens with zero attached hydrogens (tertiary/aromatic N) is 2. The van der Waals surface area contributed by atoms with Gasteiger partial charge in [-0.15, -0.1) is 11.3 Å². The van der Waals surface area contributed by atoms with E-state index in [2.05, 4.69) is 11.1 Å². The molecule has 0 bridgehead atoms. The first-order valence-electron chi connectivity index (χ1n) is 7.21. The fourth-order valence-corrected chi connectivity index (χ4v) is 3.03. The lowest BCUT2D eigenvalue weighted by molar-refractivity contribution is 0.373. The molecule has 2 aromatic carbocycles. The van der Waals surface area contributed by atoms with Gasteiger partial charge in [0.15, 0.2) is 11.5 Å². The Morgan fingerprint density at radius 2 is 2.04 bits per heavy atom. The highest BCUT2D eigenvalue weighted by molar-refractivity contribution is 7.11.